The van der Waals surface area contributed by atoms with Gasteiger partial charge in [0.15, 0.2) is 0 Å². The molecule has 1 heterocycles. The molecule has 4 nitrogen and oxygen atoms in total. The molecular formula is C17H28N2O2. The standard InChI is InChI=1S/C11H22N2O2.C6H6/c1-11(2,3)12-10(14)13-7-5-9(15-4)6-8-13;1-2-4-6-5-3-1/h9H,5-8H2,1-4H3,(H,12,14);1-6H. The van der Waals surface area contributed by atoms with Crippen LogP contribution in [-0.4, -0.2) is 42.8 Å². The summed E-state index contributed by atoms with van der Waals surface area (Å²) in [4.78, 5) is 13.6. The fourth-order valence-electron chi connectivity index (χ4n) is 2.08. The van der Waals surface area contributed by atoms with Crippen LogP contribution in [0.2, 0.25) is 0 Å². The fraction of sp³-hybridized carbons (Fsp3) is 0.588. The molecule has 0 atom stereocenters. The molecule has 4 heteroatoms. The van der Waals surface area contributed by atoms with Crippen molar-refractivity contribution in [3.8, 4) is 0 Å². The van der Waals surface area contributed by atoms with Crippen molar-refractivity contribution in [2.24, 2.45) is 0 Å². The zero-order valence-corrected chi connectivity index (χ0v) is 13.6. The summed E-state index contributed by atoms with van der Waals surface area (Å²) in [5.74, 6) is 0. The molecule has 21 heavy (non-hydrogen) atoms. The maximum absolute atomic E-state index is 11.8. The van der Waals surface area contributed by atoms with Crippen LogP contribution in [0.3, 0.4) is 0 Å². The molecule has 0 radical (unpaired) electrons. The van der Waals surface area contributed by atoms with Gasteiger partial charge in [-0.05, 0) is 33.6 Å². The molecule has 1 aliphatic heterocycles. The molecule has 1 aromatic carbocycles. The number of urea groups is 1. The number of nitrogens with zero attached hydrogens (tertiary/aromatic N) is 1. The largest absolute Gasteiger partial charge is 0.381 e. The highest BCUT2D eigenvalue weighted by Gasteiger charge is 2.24. The molecule has 1 aliphatic rings. The predicted molar refractivity (Wildman–Crippen MR) is 86.3 cm³/mol. The monoisotopic (exact) mass is 292 g/mol. The summed E-state index contributed by atoms with van der Waals surface area (Å²) in [7, 11) is 1.73. The number of nitrogens with one attached hydrogen (secondary N) is 1. The number of hydrogen-bond acceptors (Lipinski definition) is 2. The quantitative estimate of drug-likeness (QED) is 0.863. The summed E-state index contributed by atoms with van der Waals surface area (Å²) in [6.07, 6.45) is 2.20. The van der Waals surface area contributed by atoms with Crippen LogP contribution in [0.1, 0.15) is 33.6 Å². The van der Waals surface area contributed by atoms with Crippen molar-refractivity contribution in [3.05, 3.63) is 36.4 Å². The Bertz CT molecular complexity index is 366. The molecule has 1 aromatic rings. The smallest absolute Gasteiger partial charge is 0.317 e. The average Bonchev–Trinajstić information content (AvgIpc) is 2.48. The molecule has 1 fully saturated rings. The van der Waals surface area contributed by atoms with E-state index in [2.05, 4.69) is 5.32 Å². The van der Waals surface area contributed by atoms with E-state index >= 15 is 0 Å². The van der Waals surface area contributed by atoms with Crippen LogP contribution < -0.4 is 5.32 Å². The van der Waals surface area contributed by atoms with Gasteiger partial charge in [0, 0.05) is 25.7 Å². The molecule has 0 bridgehead atoms. The average molecular weight is 292 g/mol. The highest BCUT2D eigenvalue weighted by Crippen LogP contribution is 2.13. The minimum absolute atomic E-state index is 0.0389. The summed E-state index contributed by atoms with van der Waals surface area (Å²) < 4.78 is 5.26. The Labute approximate surface area is 128 Å². The van der Waals surface area contributed by atoms with Gasteiger partial charge in [-0.25, -0.2) is 4.79 Å². The molecule has 0 saturated carbocycles. The molecular weight excluding hydrogens is 264 g/mol. The van der Waals surface area contributed by atoms with Crippen molar-refractivity contribution in [1.82, 2.24) is 10.2 Å². The lowest BCUT2D eigenvalue weighted by molar-refractivity contribution is 0.0495. The lowest BCUT2D eigenvalue weighted by atomic mass is 10.1. The van der Waals surface area contributed by atoms with E-state index in [9.17, 15) is 4.79 Å². The van der Waals surface area contributed by atoms with Crippen LogP contribution in [0, 0.1) is 0 Å². The Balaban J connectivity index is 0.000000304. The van der Waals surface area contributed by atoms with Crippen LogP contribution in [0.4, 0.5) is 4.79 Å². The zero-order valence-electron chi connectivity index (χ0n) is 13.6. The number of piperidine rings is 1. The van der Waals surface area contributed by atoms with E-state index in [1.165, 1.54) is 0 Å². The van der Waals surface area contributed by atoms with Gasteiger partial charge in [-0.3, -0.25) is 0 Å². The van der Waals surface area contributed by atoms with Gasteiger partial charge in [0.2, 0.25) is 0 Å². The summed E-state index contributed by atoms with van der Waals surface area (Å²) in [6, 6.07) is 12.0. The van der Waals surface area contributed by atoms with Gasteiger partial charge >= 0.3 is 6.03 Å². The second-order valence-electron chi connectivity index (χ2n) is 6.26. The number of methoxy groups -OCH3 is 1. The first-order chi connectivity index (χ1) is 9.92. The molecule has 118 valence electrons. The Morgan fingerprint density at radius 2 is 1.48 bits per heavy atom. The number of carbonyl (C=O) groups excluding carboxylic acids is 1. The minimum Gasteiger partial charge on any atom is -0.381 e. The van der Waals surface area contributed by atoms with E-state index in [0.717, 1.165) is 25.9 Å². The highest BCUT2D eigenvalue weighted by molar-refractivity contribution is 5.75. The van der Waals surface area contributed by atoms with Gasteiger partial charge in [0.05, 0.1) is 6.10 Å². The molecule has 2 amide bonds. The van der Waals surface area contributed by atoms with Crippen molar-refractivity contribution in [3.63, 3.8) is 0 Å². The van der Waals surface area contributed by atoms with E-state index in [1.807, 2.05) is 62.1 Å². The topological polar surface area (TPSA) is 41.6 Å². The Kier molecular flexibility index (Phi) is 7.23. The normalized spacial score (nSPS) is 15.9. The zero-order chi connectivity index (χ0) is 15.7. The molecule has 2 rings (SSSR count). The lowest BCUT2D eigenvalue weighted by Gasteiger charge is -2.33. The number of likely N-dealkylation sites (tertiary alicyclic amines) is 1. The van der Waals surface area contributed by atoms with Gasteiger partial charge < -0.3 is 15.0 Å². The Morgan fingerprint density at radius 1 is 1.05 bits per heavy atom. The second kappa shape index (κ2) is 8.67. The van der Waals surface area contributed by atoms with Crippen molar-refractivity contribution >= 4 is 6.03 Å². The number of ether oxygens (including phenoxy) is 1. The number of amides is 2. The van der Waals surface area contributed by atoms with Crippen LogP contribution in [0.15, 0.2) is 36.4 Å². The molecule has 0 unspecified atom stereocenters. The molecule has 0 aromatic heterocycles. The van der Waals surface area contributed by atoms with Crippen LogP contribution in [0.5, 0.6) is 0 Å². The predicted octanol–water partition coefficient (Wildman–Crippen LogP) is 3.29. The maximum Gasteiger partial charge on any atom is 0.317 e. The van der Waals surface area contributed by atoms with Gasteiger partial charge in [-0.15, -0.1) is 0 Å². The summed E-state index contributed by atoms with van der Waals surface area (Å²) in [5, 5.41) is 2.97. The van der Waals surface area contributed by atoms with Gasteiger partial charge in [-0.1, -0.05) is 36.4 Å². The maximum atomic E-state index is 11.8. The molecule has 1 N–H and O–H groups in total. The van der Waals surface area contributed by atoms with Crippen molar-refractivity contribution in [2.45, 2.75) is 45.3 Å². The molecule has 0 aliphatic carbocycles. The van der Waals surface area contributed by atoms with Crippen molar-refractivity contribution in [2.75, 3.05) is 20.2 Å². The molecule has 1 saturated heterocycles. The fourth-order valence-corrected chi connectivity index (χ4v) is 2.08. The van der Waals surface area contributed by atoms with Gasteiger partial charge in [0.1, 0.15) is 0 Å². The third kappa shape index (κ3) is 7.71. The van der Waals surface area contributed by atoms with Gasteiger partial charge in [-0.2, -0.15) is 0 Å². The van der Waals surface area contributed by atoms with Gasteiger partial charge in [0.25, 0.3) is 0 Å². The number of hydrogen-bond donors (Lipinski definition) is 1. The highest BCUT2D eigenvalue weighted by atomic mass is 16.5. The SMILES string of the molecule is COC1CCN(C(=O)NC(C)(C)C)CC1.c1ccccc1. The van der Waals surface area contributed by atoms with Crippen LogP contribution in [0.25, 0.3) is 0 Å². The van der Waals surface area contributed by atoms with E-state index in [1.54, 1.807) is 7.11 Å². The third-order valence-corrected chi connectivity index (χ3v) is 3.21. The summed E-state index contributed by atoms with van der Waals surface area (Å²) >= 11 is 0. The summed E-state index contributed by atoms with van der Waals surface area (Å²) in [5.41, 5.74) is -0.158. The lowest BCUT2D eigenvalue weighted by Crippen LogP contribution is -2.51. The van der Waals surface area contributed by atoms with E-state index in [0.29, 0.717) is 6.10 Å². The Hall–Kier alpha value is -1.55. The van der Waals surface area contributed by atoms with Crippen LogP contribution >= 0.6 is 0 Å². The van der Waals surface area contributed by atoms with E-state index < -0.39 is 0 Å². The van der Waals surface area contributed by atoms with E-state index in [-0.39, 0.29) is 11.6 Å². The first kappa shape index (κ1) is 17.5. The van der Waals surface area contributed by atoms with Crippen molar-refractivity contribution < 1.29 is 9.53 Å². The number of rotatable bonds is 1. The molecule has 0 spiro atoms. The second-order valence-corrected chi connectivity index (χ2v) is 6.26. The van der Waals surface area contributed by atoms with Crippen LogP contribution in [-0.2, 0) is 4.74 Å². The first-order valence-corrected chi connectivity index (χ1v) is 7.52. The van der Waals surface area contributed by atoms with Crippen molar-refractivity contribution in [1.29, 1.82) is 0 Å². The minimum atomic E-state index is -0.158. The number of carbonyl (C=O) groups is 1. The van der Waals surface area contributed by atoms with E-state index in [4.69, 9.17) is 4.74 Å². The third-order valence-electron chi connectivity index (χ3n) is 3.21. The Morgan fingerprint density at radius 3 is 1.81 bits per heavy atom. The first-order valence-electron chi connectivity index (χ1n) is 7.52. The number of benzene rings is 1. The summed E-state index contributed by atoms with van der Waals surface area (Å²) in [6.45, 7) is 7.56.